The molecule has 0 saturated carbocycles. The van der Waals surface area contributed by atoms with Crippen LogP contribution in [0.15, 0.2) is 23.1 Å². The number of nitrogens with one attached hydrogen (secondary N) is 1. The molecule has 3 aliphatic rings. The first-order valence-corrected chi connectivity index (χ1v) is 13.6. The Hall–Kier alpha value is -1.64. The molecule has 3 heterocycles. The molecular weight excluding hydrogens is 426 g/mol. The van der Waals surface area contributed by atoms with E-state index in [0.29, 0.717) is 37.0 Å². The lowest BCUT2D eigenvalue weighted by atomic mass is 9.98. The van der Waals surface area contributed by atoms with E-state index in [9.17, 15) is 13.2 Å². The molecule has 0 spiro atoms. The van der Waals surface area contributed by atoms with Crippen LogP contribution < -0.4 is 10.2 Å². The van der Waals surface area contributed by atoms with Crippen molar-refractivity contribution in [1.29, 1.82) is 0 Å². The summed E-state index contributed by atoms with van der Waals surface area (Å²) in [5, 5.41) is 2.92. The zero-order valence-corrected chi connectivity index (χ0v) is 20.2. The Morgan fingerprint density at radius 2 is 1.69 bits per heavy atom. The maximum atomic E-state index is 13.7. The largest absolute Gasteiger partial charge is 0.376 e. The van der Waals surface area contributed by atoms with Gasteiger partial charge in [0.2, 0.25) is 10.0 Å². The highest BCUT2D eigenvalue weighted by Crippen LogP contribution is 2.33. The SMILES string of the molecule is CC1CCN(c2ccc(C(=O)NC[C@H]3CCCO3)cc2S(=O)(=O)N2CCC(C)CC2)CC1. The van der Waals surface area contributed by atoms with E-state index in [-0.39, 0.29) is 16.9 Å². The minimum Gasteiger partial charge on any atom is -0.376 e. The van der Waals surface area contributed by atoms with Gasteiger partial charge < -0.3 is 15.0 Å². The molecule has 1 amide bonds. The lowest BCUT2D eigenvalue weighted by Crippen LogP contribution is -2.40. The highest BCUT2D eigenvalue weighted by atomic mass is 32.2. The molecule has 8 heteroatoms. The van der Waals surface area contributed by atoms with Gasteiger partial charge in [0.1, 0.15) is 4.90 Å². The van der Waals surface area contributed by atoms with Crippen molar-refractivity contribution in [2.75, 3.05) is 44.2 Å². The molecular formula is C24H37N3O4S. The summed E-state index contributed by atoms with van der Waals surface area (Å²) in [4.78, 5) is 15.3. The van der Waals surface area contributed by atoms with Gasteiger partial charge in [0.25, 0.3) is 5.91 Å². The average molecular weight is 464 g/mol. The fourth-order valence-corrected chi connectivity index (χ4v) is 6.56. The Kier molecular flexibility index (Phi) is 7.42. The monoisotopic (exact) mass is 463 g/mol. The van der Waals surface area contributed by atoms with Crippen molar-refractivity contribution in [1.82, 2.24) is 9.62 Å². The Morgan fingerprint density at radius 1 is 1.03 bits per heavy atom. The van der Waals surface area contributed by atoms with Crippen LogP contribution in [0.5, 0.6) is 0 Å². The number of benzene rings is 1. The molecule has 0 aliphatic carbocycles. The second-order valence-corrected chi connectivity index (χ2v) is 11.7. The molecule has 1 atom stereocenters. The number of anilines is 1. The smallest absolute Gasteiger partial charge is 0.251 e. The summed E-state index contributed by atoms with van der Waals surface area (Å²) in [6.45, 7) is 8.35. The Bertz CT molecular complexity index is 898. The molecule has 0 aromatic heterocycles. The van der Waals surface area contributed by atoms with E-state index in [1.807, 2.05) is 6.07 Å². The van der Waals surface area contributed by atoms with Crippen molar-refractivity contribution in [2.24, 2.45) is 11.8 Å². The average Bonchev–Trinajstić information content (AvgIpc) is 3.32. The van der Waals surface area contributed by atoms with Crippen LogP contribution in [0.2, 0.25) is 0 Å². The number of amides is 1. The lowest BCUT2D eigenvalue weighted by molar-refractivity contribution is 0.0857. The van der Waals surface area contributed by atoms with E-state index in [1.54, 1.807) is 16.4 Å². The normalized spacial score (nSPS) is 24.1. The third-order valence-electron chi connectivity index (χ3n) is 7.22. The first kappa shape index (κ1) is 23.5. The maximum Gasteiger partial charge on any atom is 0.251 e. The van der Waals surface area contributed by atoms with E-state index in [2.05, 4.69) is 24.1 Å². The standard InChI is InChI=1S/C24H37N3O4S/c1-18-7-11-26(12-8-18)22-6-5-20(24(28)25-17-21-4-3-15-31-21)16-23(22)32(29,30)27-13-9-19(2)10-14-27/h5-6,16,18-19,21H,3-4,7-15,17H2,1-2H3,(H,25,28)/t21-/m1/s1. The predicted octanol–water partition coefficient (Wildman–Crippen LogP) is 3.25. The van der Waals surface area contributed by atoms with E-state index in [1.165, 1.54) is 0 Å². The van der Waals surface area contributed by atoms with Gasteiger partial charge in [0.15, 0.2) is 0 Å². The molecule has 1 aromatic carbocycles. The van der Waals surface area contributed by atoms with Crippen LogP contribution in [0.1, 0.15) is 62.7 Å². The summed E-state index contributed by atoms with van der Waals surface area (Å²) in [6.07, 6.45) is 5.84. The zero-order valence-electron chi connectivity index (χ0n) is 19.4. The second-order valence-electron chi connectivity index (χ2n) is 9.78. The Balaban J connectivity index is 1.60. The van der Waals surface area contributed by atoms with Crippen LogP contribution >= 0.6 is 0 Å². The fraction of sp³-hybridized carbons (Fsp3) is 0.708. The summed E-state index contributed by atoms with van der Waals surface area (Å²) < 4.78 is 34.6. The van der Waals surface area contributed by atoms with Crippen molar-refractivity contribution >= 4 is 21.6 Å². The molecule has 1 N–H and O–H groups in total. The quantitative estimate of drug-likeness (QED) is 0.701. The summed E-state index contributed by atoms with van der Waals surface area (Å²) in [6, 6.07) is 5.18. The minimum absolute atomic E-state index is 0.0482. The minimum atomic E-state index is -3.68. The van der Waals surface area contributed by atoms with Gasteiger partial charge >= 0.3 is 0 Å². The summed E-state index contributed by atoms with van der Waals surface area (Å²) in [7, 11) is -3.68. The number of rotatable bonds is 6. The van der Waals surface area contributed by atoms with Gasteiger partial charge in [-0.2, -0.15) is 4.31 Å². The third-order valence-corrected chi connectivity index (χ3v) is 9.15. The number of carbonyl (C=O) groups is 1. The fourth-order valence-electron chi connectivity index (χ4n) is 4.85. The van der Waals surface area contributed by atoms with E-state index >= 15 is 0 Å². The van der Waals surface area contributed by atoms with Crippen LogP contribution in [-0.4, -0.2) is 64.1 Å². The lowest BCUT2D eigenvalue weighted by Gasteiger charge is -2.35. The molecule has 7 nitrogen and oxygen atoms in total. The number of hydrogen-bond donors (Lipinski definition) is 1. The number of nitrogens with zero attached hydrogens (tertiary/aromatic N) is 2. The van der Waals surface area contributed by atoms with Gasteiger partial charge in [0.05, 0.1) is 11.8 Å². The van der Waals surface area contributed by atoms with Gasteiger partial charge in [-0.3, -0.25) is 4.79 Å². The number of ether oxygens (including phenoxy) is 1. The van der Waals surface area contributed by atoms with Crippen LogP contribution in [0.3, 0.4) is 0 Å². The van der Waals surface area contributed by atoms with Gasteiger partial charge in [-0.25, -0.2) is 8.42 Å². The molecule has 4 rings (SSSR count). The molecule has 0 radical (unpaired) electrons. The van der Waals surface area contributed by atoms with Crippen LogP contribution in [-0.2, 0) is 14.8 Å². The number of hydrogen-bond acceptors (Lipinski definition) is 5. The molecule has 3 saturated heterocycles. The van der Waals surface area contributed by atoms with Gasteiger partial charge in [-0.15, -0.1) is 0 Å². The van der Waals surface area contributed by atoms with Crippen LogP contribution in [0.25, 0.3) is 0 Å². The molecule has 3 fully saturated rings. The molecule has 0 bridgehead atoms. The van der Waals surface area contributed by atoms with Gasteiger partial charge in [-0.1, -0.05) is 13.8 Å². The zero-order chi connectivity index (χ0) is 22.7. The van der Waals surface area contributed by atoms with Crippen molar-refractivity contribution < 1.29 is 17.9 Å². The third kappa shape index (κ3) is 5.29. The van der Waals surface area contributed by atoms with Gasteiger partial charge in [-0.05, 0) is 68.6 Å². The second kappa shape index (κ2) is 10.1. The summed E-state index contributed by atoms with van der Waals surface area (Å²) in [5.74, 6) is 0.945. The number of sulfonamides is 1. The van der Waals surface area contributed by atoms with Crippen molar-refractivity contribution in [3.63, 3.8) is 0 Å². The molecule has 32 heavy (non-hydrogen) atoms. The van der Waals surface area contributed by atoms with E-state index < -0.39 is 10.0 Å². The topological polar surface area (TPSA) is 79.0 Å². The number of carbonyl (C=O) groups excluding carboxylic acids is 1. The highest BCUT2D eigenvalue weighted by Gasteiger charge is 2.32. The van der Waals surface area contributed by atoms with Crippen molar-refractivity contribution in [3.8, 4) is 0 Å². The first-order valence-electron chi connectivity index (χ1n) is 12.1. The molecule has 178 valence electrons. The van der Waals surface area contributed by atoms with E-state index in [0.717, 1.165) is 63.9 Å². The summed E-state index contributed by atoms with van der Waals surface area (Å²) in [5.41, 5.74) is 1.12. The van der Waals surface area contributed by atoms with E-state index in [4.69, 9.17) is 4.74 Å². The Labute approximate surface area is 192 Å². The highest BCUT2D eigenvalue weighted by molar-refractivity contribution is 7.89. The Morgan fingerprint density at radius 3 is 2.31 bits per heavy atom. The number of piperidine rings is 2. The molecule has 0 unspecified atom stereocenters. The van der Waals surface area contributed by atoms with Crippen LogP contribution in [0.4, 0.5) is 5.69 Å². The van der Waals surface area contributed by atoms with Crippen molar-refractivity contribution in [3.05, 3.63) is 23.8 Å². The molecule has 1 aromatic rings. The van der Waals surface area contributed by atoms with Gasteiger partial charge in [0, 0.05) is 44.9 Å². The van der Waals surface area contributed by atoms with Crippen molar-refractivity contribution in [2.45, 2.75) is 63.4 Å². The molecule has 3 aliphatic heterocycles. The van der Waals surface area contributed by atoms with Crippen LogP contribution in [0, 0.1) is 11.8 Å². The first-order chi connectivity index (χ1) is 15.3. The maximum absolute atomic E-state index is 13.7. The predicted molar refractivity (Wildman–Crippen MR) is 126 cm³/mol. The summed E-state index contributed by atoms with van der Waals surface area (Å²) >= 11 is 0.